The Kier molecular flexibility index (Phi) is 9.55. The molecule has 0 aliphatic rings. The highest BCUT2D eigenvalue weighted by molar-refractivity contribution is 7.59. The van der Waals surface area contributed by atoms with Crippen LogP contribution < -0.4 is 16.0 Å². The average Bonchev–Trinajstić information content (AvgIpc) is 2.93. The molecule has 0 saturated heterocycles. The quantitative estimate of drug-likeness (QED) is 0.300. The Labute approximate surface area is 228 Å². The van der Waals surface area contributed by atoms with Crippen molar-refractivity contribution >= 4 is 47.8 Å². The Hall–Kier alpha value is -4.25. The number of anilines is 2. The smallest absolute Gasteiger partial charge is 0.251 e. The van der Waals surface area contributed by atoms with Crippen molar-refractivity contribution in [3.05, 3.63) is 72.3 Å². The van der Waals surface area contributed by atoms with Gasteiger partial charge in [-0.2, -0.15) is 13.5 Å². The van der Waals surface area contributed by atoms with Crippen molar-refractivity contribution in [1.82, 2.24) is 30.2 Å². The first kappa shape index (κ1) is 28.3. The molecule has 11 heteroatoms. The zero-order valence-electron chi connectivity index (χ0n) is 21.8. The largest absolute Gasteiger partial charge is 0.369 e. The predicted molar refractivity (Wildman–Crippen MR) is 155 cm³/mol. The summed E-state index contributed by atoms with van der Waals surface area (Å²) in [5, 5.41) is 9.92. The fraction of sp³-hybridized carbons (Fsp3) is 0.259. The molecule has 3 heterocycles. The number of amides is 2. The van der Waals surface area contributed by atoms with Crippen LogP contribution in [0.4, 0.5) is 11.6 Å². The lowest BCUT2D eigenvalue weighted by Gasteiger charge is -2.16. The van der Waals surface area contributed by atoms with Gasteiger partial charge in [-0.25, -0.2) is 15.0 Å². The second kappa shape index (κ2) is 12.8. The maximum Gasteiger partial charge on any atom is 0.251 e. The van der Waals surface area contributed by atoms with Gasteiger partial charge in [-0.15, -0.1) is 0 Å². The van der Waals surface area contributed by atoms with Crippen LogP contribution in [0.2, 0.25) is 0 Å². The van der Waals surface area contributed by atoms with Gasteiger partial charge in [0.2, 0.25) is 5.91 Å². The monoisotopic (exact) mass is 532 g/mol. The van der Waals surface area contributed by atoms with E-state index < -0.39 is 0 Å². The van der Waals surface area contributed by atoms with Crippen LogP contribution in [0.3, 0.4) is 0 Å². The van der Waals surface area contributed by atoms with Gasteiger partial charge in [-0.05, 0) is 23.8 Å². The molecule has 3 N–H and O–H groups in total. The minimum Gasteiger partial charge on any atom is -0.369 e. The van der Waals surface area contributed by atoms with Crippen LogP contribution >= 0.6 is 13.5 Å². The molecule has 1 atom stereocenters. The second-order valence-corrected chi connectivity index (χ2v) is 8.83. The highest BCUT2D eigenvalue weighted by Gasteiger charge is 2.15. The van der Waals surface area contributed by atoms with Gasteiger partial charge in [-0.1, -0.05) is 25.1 Å². The summed E-state index contributed by atoms with van der Waals surface area (Å²) in [5.74, 6) is 1.24. The molecule has 0 bridgehead atoms. The summed E-state index contributed by atoms with van der Waals surface area (Å²) in [5.41, 5.74) is 4.03. The zero-order chi connectivity index (χ0) is 26.4. The number of hydrogen-bond acceptors (Lipinski definition) is 8. The zero-order valence-corrected chi connectivity index (χ0v) is 22.8. The van der Waals surface area contributed by atoms with Gasteiger partial charge in [-0.3, -0.25) is 14.6 Å². The summed E-state index contributed by atoms with van der Waals surface area (Å²) in [4.78, 5) is 43.2. The number of carbonyl (C=O) groups excluding carboxylic acids is 2. The average molecular weight is 533 g/mol. The summed E-state index contributed by atoms with van der Waals surface area (Å²) in [6, 6.07) is 13.2. The van der Waals surface area contributed by atoms with Crippen molar-refractivity contribution < 1.29 is 9.59 Å². The fourth-order valence-electron chi connectivity index (χ4n) is 3.88. The van der Waals surface area contributed by atoms with Gasteiger partial charge in [0.05, 0.1) is 23.3 Å². The van der Waals surface area contributed by atoms with Gasteiger partial charge in [0, 0.05) is 63.0 Å². The van der Waals surface area contributed by atoms with Crippen LogP contribution in [0, 0.1) is 0 Å². The Balaban J connectivity index is 0.00000400. The summed E-state index contributed by atoms with van der Waals surface area (Å²) in [7, 11) is 5.05. The SMILES string of the molecule is CNC(=O)c1ccnc2c([C@H](C)CNc3cc(-c4ccc(NCC(=O)N(C)C)nc4)ncn3)cccc12.S. The van der Waals surface area contributed by atoms with E-state index in [-0.39, 0.29) is 37.8 Å². The number of pyridine rings is 2. The number of carbonyl (C=O) groups is 2. The third-order valence-corrected chi connectivity index (χ3v) is 6.04. The maximum absolute atomic E-state index is 12.3. The van der Waals surface area contributed by atoms with Crippen LogP contribution in [0.1, 0.15) is 28.8 Å². The number of hydrogen-bond donors (Lipinski definition) is 3. The number of aromatic nitrogens is 4. The molecule has 0 spiro atoms. The first-order valence-corrected chi connectivity index (χ1v) is 11.9. The topological polar surface area (TPSA) is 125 Å². The minimum absolute atomic E-state index is 0. The van der Waals surface area contributed by atoms with E-state index in [1.54, 1.807) is 39.6 Å². The first-order valence-electron chi connectivity index (χ1n) is 11.9. The van der Waals surface area contributed by atoms with Gasteiger partial charge >= 0.3 is 0 Å². The van der Waals surface area contributed by atoms with Crippen LogP contribution in [0.5, 0.6) is 0 Å². The van der Waals surface area contributed by atoms with Crippen molar-refractivity contribution in [2.75, 3.05) is 44.9 Å². The number of benzene rings is 1. The molecule has 0 unspecified atom stereocenters. The Morgan fingerprint density at radius 1 is 0.974 bits per heavy atom. The molecule has 4 aromatic rings. The lowest BCUT2D eigenvalue weighted by atomic mass is 9.96. The summed E-state index contributed by atoms with van der Waals surface area (Å²) >= 11 is 0. The van der Waals surface area contributed by atoms with E-state index >= 15 is 0 Å². The molecule has 0 fully saturated rings. The third-order valence-electron chi connectivity index (χ3n) is 6.04. The summed E-state index contributed by atoms with van der Waals surface area (Å²) in [6.45, 7) is 2.90. The number of fused-ring (bicyclic) bond motifs is 1. The summed E-state index contributed by atoms with van der Waals surface area (Å²) in [6.07, 6.45) is 4.89. The van der Waals surface area contributed by atoms with Gasteiger partial charge in [0.1, 0.15) is 18.0 Å². The molecule has 0 aliphatic carbocycles. The summed E-state index contributed by atoms with van der Waals surface area (Å²) < 4.78 is 0. The standard InChI is InChI=1S/C27H30N8O2.H2S/c1-17(19-6-5-7-20-21(27(37)28-2)10-11-29-26(19)20)13-30-24-12-22(33-16-34-24)18-8-9-23(31-14-18)32-15-25(36)35(3)4;/h5-12,14,16-17H,13,15H2,1-4H3,(H,28,37)(H,31,32)(H,30,33,34);1H2/t17-;/m1./s1. The van der Waals surface area contributed by atoms with E-state index in [0.717, 1.165) is 27.7 Å². The molecule has 198 valence electrons. The fourth-order valence-corrected chi connectivity index (χ4v) is 3.88. The Bertz CT molecular complexity index is 1410. The number of para-hydroxylation sites is 1. The molecule has 2 amide bonds. The second-order valence-electron chi connectivity index (χ2n) is 8.83. The van der Waals surface area contributed by atoms with Crippen LogP contribution in [0.15, 0.2) is 61.2 Å². The molecule has 38 heavy (non-hydrogen) atoms. The Morgan fingerprint density at radius 3 is 2.50 bits per heavy atom. The highest BCUT2D eigenvalue weighted by atomic mass is 32.1. The lowest BCUT2D eigenvalue weighted by molar-refractivity contribution is -0.126. The third kappa shape index (κ3) is 6.54. The highest BCUT2D eigenvalue weighted by Crippen LogP contribution is 2.27. The minimum atomic E-state index is -0.135. The maximum atomic E-state index is 12.3. The molecule has 0 radical (unpaired) electrons. The predicted octanol–water partition coefficient (Wildman–Crippen LogP) is 3.27. The number of likely N-dealkylation sites (N-methyl/N-ethyl adjacent to an activating group) is 1. The first-order chi connectivity index (χ1) is 17.9. The van der Waals surface area contributed by atoms with E-state index in [0.29, 0.717) is 23.7 Å². The number of rotatable bonds is 9. The Morgan fingerprint density at radius 2 is 1.79 bits per heavy atom. The van der Waals surface area contributed by atoms with Crippen molar-refractivity contribution in [2.24, 2.45) is 0 Å². The van der Waals surface area contributed by atoms with E-state index in [4.69, 9.17) is 0 Å². The lowest BCUT2D eigenvalue weighted by Crippen LogP contribution is -2.28. The van der Waals surface area contributed by atoms with E-state index in [1.165, 1.54) is 11.2 Å². The molecule has 10 nitrogen and oxygen atoms in total. The molecule has 0 aliphatic heterocycles. The molecule has 4 rings (SSSR count). The molecule has 0 saturated carbocycles. The van der Waals surface area contributed by atoms with Gasteiger partial charge in [0.15, 0.2) is 0 Å². The van der Waals surface area contributed by atoms with E-state index in [2.05, 4.69) is 42.8 Å². The van der Waals surface area contributed by atoms with Crippen LogP contribution in [0.25, 0.3) is 22.2 Å². The molecular formula is C27H32N8O2S. The van der Waals surface area contributed by atoms with Gasteiger partial charge in [0.25, 0.3) is 5.91 Å². The molecular weight excluding hydrogens is 500 g/mol. The van der Waals surface area contributed by atoms with Crippen LogP contribution in [-0.4, -0.2) is 70.9 Å². The molecule has 3 aromatic heterocycles. The van der Waals surface area contributed by atoms with Crippen molar-refractivity contribution in [2.45, 2.75) is 12.8 Å². The van der Waals surface area contributed by atoms with Crippen LogP contribution in [-0.2, 0) is 4.79 Å². The van der Waals surface area contributed by atoms with Crippen molar-refractivity contribution in [3.63, 3.8) is 0 Å². The van der Waals surface area contributed by atoms with E-state index in [1.807, 2.05) is 36.4 Å². The van der Waals surface area contributed by atoms with E-state index in [9.17, 15) is 9.59 Å². The van der Waals surface area contributed by atoms with Crippen molar-refractivity contribution in [3.8, 4) is 11.3 Å². The number of nitrogens with zero attached hydrogens (tertiary/aromatic N) is 5. The van der Waals surface area contributed by atoms with Gasteiger partial charge < -0.3 is 20.9 Å². The normalized spacial score (nSPS) is 11.3. The number of nitrogens with one attached hydrogen (secondary N) is 3. The molecule has 1 aromatic carbocycles. The van der Waals surface area contributed by atoms with Crippen molar-refractivity contribution in [1.29, 1.82) is 0 Å².